The largest absolute Gasteiger partial charge is 0.451 e. The lowest BCUT2D eigenvalue weighted by molar-refractivity contribution is -0.136. The molecule has 1 atom stereocenters. The maximum atomic E-state index is 14.2. The normalized spacial score (nSPS) is 19.0. The summed E-state index contributed by atoms with van der Waals surface area (Å²) in [6.07, 6.45) is 4.90. The lowest BCUT2D eigenvalue weighted by Crippen LogP contribution is -2.61. The first-order chi connectivity index (χ1) is 20.3. The summed E-state index contributed by atoms with van der Waals surface area (Å²) in [6.45, 7) is 10.0. The highest BCUT2D eigenvalue weighted by atomic mass is 19.1. The van der Waals surface area contributed by atoms with Crippen LogP contribution in [0, 0.1) is 11.2 Å². The number of piperidine rings is 1. The third-order valence-electron chi connectivity index (χ3n) is 8.87. The molecule has 3 aliphatic heterocycles. The molecule has 2 amide bonds. The van der Waals surface area contributed by atoms with E-state index in [0.29, 0.717) is 18.1 Å². The molecule has 10 heteroatoms. The second kappa shape index (κ2) is 11.3. The monoisotopic (exact) mass is 572 g/mol. The SMILES string of the molecule is CCN(C(=O)c1cc(F)ccc1Oc1cncnc1N1CC2(CCN(C(=O)[C@H]3NCc4ccccc43)CC2)C1)C(C)C. The van der Waals surface area contributed by atoms with E-state index >= 15 is 0 Å². The number of carbonyl (C=O) groups is 2. The number of halogens is 1. The van der Waals surface area contributed by atoms with Gasteiger partial charge in [0.1, 0.15) is 23.9 Å². The molecule has 2 saturated heterocycles. The molecule has 0 radical (unpaired) electrons. The number of nitrogens with one attached hydrogen (secondary N) is 1. The molecule has 42 heavy (non-hydrogen) atoms. The summed E-state index contributed by atoms with van der Waals surface area (Å²) in [7, 11) is 0. The summed E-state index contributed by atoms with van der Waals surface area (Å²) >= 11 is 0. The molecule has 2 aromatic carbocycles. The van der Waals surface area contributed by atoms with Gasteiger partial charge >= 0.3 is 0 Å². The molecule has 1 aromatic heterocycles. The molecule has 4 heterocycles. The molecule has 9 nitrogen and oxygen atoms in total. The average molecular weight is 573 g/mol. The number of ether oxygens (including phenoxy) is 1. The summed E-state index contributed by atoms with van der Waals surface area (Å²) < 4.78 is 20.4. The van der Waals surface area contributed by atoms with Gasteiger partial charge in [0.15, 0.2) is 11.6 Å². The van der Waals surface area contributed by atoms with Crippen molar-refractivity contribution in [1.82, 2.24) is 25.1 Å². The van der Waals surface area contributed by atoms with Crippen LogP contribution in [-0.4, -0.2) is 70.3 Å². The van der Waals surface area contributed by atoms with E-state index in [1.807, 2.05) is 43.9 Å². The van der Waals surface area contributed by atoms with Gasteiger partial charge in [-0.15, -0.1) is 0 Å². The molecule has 0 aliphatic carbocycles. The van der Waals surface area contributed by atoms with Gasteiger partial charge < -0.3 is 19.4 Å². The van der Waals surface area contributed by atoms with Gasteiger partial charge in [0, 0.05) is 50.7 Å². The van der Waals surface area contributed by atoms with Crippen molar-refractivity contribution in [1.29, 1.82) is 0 Å². The summed E-state index contributed by atoms with van der Waals surface area (Å²) in [4.78, 5) is 41.1. The molecular weight excluding hydrogens is 535 g/mol. The van der Waals surface area contributed by atoms with Gasteiger partial charge in [0.05, 0.1) is 11.8 Å². The maximum Gasteiger partial charge on any atom is 0.257 e. The molecule has 0 saturated carbocycles. The maximum absolute atomic E-state index is 14.2. The topological polar surface area (TPSA) is 90.9 Å². The zero-order chi connectivity index (χ0) is 29.4. The Labute approximate surface area is 245 Å². The summed E-state index contributed by atoms with van der Waals surface area (Å²) in [6, 6.07) is 11.8. The fourth-order valence-electron chi connectivity index (χ4n) is 6.53. The number of benzene rings is 2. The van der Waals surface area contributed by atoms with Crippen LogP contribution in [0.15, 0.2) is 55.0 Å². The smallest absolute Gasteiger partial charge is 0.257 e. The summed E-state index contributed by atoms with van der Waals surface area (Å²) in [5, 5.41) is 3.38. The Morgan fingerprint density at radius 2 is 1.90 bits per heavy atom. The number of aromatic nitrogens is 2. The van der Waals surface area contributed by atoms with E-state index in [4.69, 9.17) is 4.74 Å². The molecule has 1 N–H and O–H groups in total. The summed E-state index contributed by atoms with van der Waals surface area (Å²) in [5.41, 5.74) is 2.56. The van der Waals surface area contributed by atoms with Gasteiger partial charge in [-0.2, -0.15) is 0 Å². The van der Waals surface area contributed by atoms with Gasteiger partial charge in [-0.3, -0.25) is 14.9 Å². The average Bonchev–Trinajstić information content (AvgIpc) is 3.41. The number of carbonyl (C=O) groups excluding carboxylic acids is 2. The van der Waals surface area contributed by atoms with Gasteiger partial charge in [-0.05, 0) is 62.9 Å². The predicted molar refractivity (Wildman–Crippen MR) is 157 cm³/mol. The van der Waals surface area contributed by atoms with E-state index < -0.39 is 5.82 Å². The standard InChI is InChI=1S/C32H37FN6O3/c1-4-39(21(2)3)30(40)25-15-23(33)9-10-26(25)42-27-17-34-20-36-29(27)38-18-32(19-38)11-13-37(14-12-32)31(41)28-24-8-6-5-7-22(24)16-35-28/h5-10,15,17,20-21,28,35H,4,11-14,16,18-19H2,1-3H3/t28-/m0/s1. The highest BCUT2D eigenvalue weighted by Gasteiger charge is 2.47. The van der Waals surface area contributed by atoms with Crippen LogP contribution in [0.25, 0.3) is 0 Å². The molecule has 6 rings (SSSR count). The number of likely N-dealkylation sites (tertiary alicyclic amines) is 1. The Morgan fingerprint density at radius 1 is 1.14 bits per heavy atom. The van der Waals surface area contributed by atoms with E-state index in [-0.39, 0.29) is 40.6 Å². The minimum absolute atomic E-state index is 0.0431. The van der Waals surface area contributed by atoms with Crippen molar-refractivity contribution in [3.63, 3.8) is 0 Å². The van der Waals surface area contributed by atoms with Crippen molar-refractivity contribution in [2.24, 2.45) is 5.41 Å². The van der Waals surface area contributed by atoms with Crippen LogP contribution < -0.4 is 15.0 Å². The third kappa shape index (κ3) is 5.19. The summed E-state index contributed by atoms with van der Waals surface area (Å²) in [5.74, 6) is 0.680. The van der Waals surface area contributed by atoms with Crippen LogP contribution in [0.1, 0.15) is 61.1 Å². The van der Waals surface area contributed by atoms with E-state index in [1.165, 1.54) is 30.1 Å². The molecule has 3 aromatic rings. The minimum atomic E-state index is -0.502. The number of anilines is 1. The Hall–Kier alpha value is -4.05. The number of rotatable bonds is 7. The van der Waals surface area contributed by atoms with E-state index in [0.717, 1.165) is 51.1 Å². The van der Waals surface area contributed by atoms with Crippen molar-refractivity contribution < 1.29 is 18.7 Å². The molecule has 220 valence electrons. The number of hydrogen-bond acceptors (Lipinski definition) is 7. The number of nitrogens with zero attached hydrogens (tertiary/aromatic N) is 5. The van der Waals surface area contributed by atoms with Gasteiger partial charge in [-0.25, -0.2) is 14.4 Å². The first-order valence-corrected chi connectivity index (χ1v) is 14.7. The van der Waals surface area contributed by atoms with Crippen LogP contribution in [-0.2, 0) is 11.3 Å². The van der Waals surface area contributed by atoms with Crippen molar-refractivity contribution in [3.8, 4) is 11.5 Å². The lowest BCUT2D eigenvalue weighted by atomic mass is 9.72. The molecule has 3 aliphatic rings. The van der Waals surface area contributed by atoms with Gasteiger partial charge in [-0.1, -0.05) is 24.3 Å². The quantitative estimate of drug-likeness (QED) is 0.444. The second-order valence-corrected chi connectivity index (χ2v) is 11.8. The number of hydrogen-bond donors (Lipinski definition) is 1. The molecule has 2 fully saturated rings. The molecule has 0 bridgehead atoms. The van der Waals surface area contributed by atoms with E-state index in [9.17, 15) is 14.0 Å². The second-order valence-electron chi connectivity index (χ2n) is 11.8. The number of fused-ring (bicyclic) bond motifs is 1. The van der Waals surface area contributed by atoms with Crippen LogP contribution in [0.2, 0.25) is 0 Å². The van der Waals surface area contributed by atoms with Crippen LogP contribution in [0.5, 0.6) is 11.5 Å². The minimum Gasteiger partial charge on any atom is -0.451 e. The van der Waals surface area contributed by atoms with Crippen LogP contribution >= 0.6 is 0 Å². The Bertz CT molecular complexity index is 1480. The van der Waals surface area contributed by atoms with Crippen LogP contribution in [0.4, 0.5) is 10.2 Å². The first kappa shape index (κ1) is 28.1. The fraction of sp³-hybridized carbons (Fsp3) is 0.438. The Kier molecular flexibility index (Phi) is 7.57. The van der Waals surface area contributed by atoms with Gasteiger partial charge in [0.25, 0.3) is 5.91 Å². The highest BCUT2D eigenvalue weighted by molar-refractivity contribution is 5.97. The number of amides is 2. The fourth-order valence-corrected chi connectivity index (χ4v) is 6.53. The third-order valence-corrected chi connectivity index (χ3v) is 8.87. The van der Waals surface area contributed by atoms with E-state index in [1.54, 1.807) is 11.1 Å². The lowest BCUT2D eigenvalue weighted by Gasteiger charge is -2.54. The molecule has 1 spiro atoms. The van der Waals surface area contributed by atoms with Crippen molar-refractivity contribution in [2.45, 2.75) is 52.2 Å². The van der Waals surface area contributed by atoms with Crippen LogP contribution in [0.3, 0.4) is 0 Å². The predicted octanol–water partition coefficient (Wildman–Crippen LogP) is 4.55. The van der Waals surface area contributed by atoms with E-state index in [2.05, 4.69) is 26.3 Å². The van der Waals surface area contributed by atoms with Crippen molar-refractivity contribution >= 4 is 17.6 Å². The zero-order valence-electron chi connectivity index (χ0n) is 24.3. The first-order valence-electron chi connectivity index (χ1n) is 14.7. The highest BCUT2D eigenvalue weighted by Crippen LogP contribution is 2.45. The molecule has 0 unspecified atom stereocenters. The molecular formula is C32H37FN6O3. The Morgan fingerprint density at radius 3 is 2.64 bits per heavy atom. The Balaban J connectivity index is 1.12. The zero-order valence-corrected chi connectivity index (χ0v) is 24.3. The van der Waals surface area contributed by atoms with Crippen molar-refractivity contribution in [2.75, 3.05) is 37.6 Å². The van der Waals surface area contributed by atoms with Gasteiger partial charge in [0.2, 0.25) is 5.91 Å². The van der Waals surface area contributed by atoms with Crippen molar-refractivity contribution in [3.05, 3.63) is 77.5 Å².